The maximum absolute atomic E-state index is 12.2. The second-order valence-electron chi connectivity index (χ2n) is 5.06. The number of amides is 3. The first-order valence-corrected chi connectivity index (χ1v) is 7.56. The van der Waals surface area contributed by atoms with Gasteiger partial charge in [0.15, 0.2) is 6.10 Å². The first-order valence-electron chi connectivity index (χ1n) is 7.56. The molecule has 2 aromatic rings. The number of hydrogen-bond donors (Lipinski definition) is 2. The molecule has 0 saturated carbocycles. The summed E-state index contributed by atoms with van der Waals surface area (Å²) in [5, 5.41) is 4.28. The van der Waals surface area contributed by atoms with E-state index in [-0.39, 0.29) is 5.56 Å². The van der Waals surface area contributed by atoms with Crippen molar-refractivity contribution in [1.29, 1.82) is 0 Å². The molecule has 0 heterocycles. The summed E-state index contributed by atoms with van der Waals surface area (Å²) in [6, 6.07) is 14.8. The molecule has 25 heavy (non-hydrogen) atoms. The average molecular weight is 342 g/mol. The van der Waals surface area contributed by atoms with E-state index in [1.54, 1.807) is 30.3 Å². The third-order valence-corrected chi connectivity index (χ3v) is 3.17. The summed E-state index contributed by atoms with van der Waals surface area (Å²) in [6.07, 6.45) is -1.12. The topological polar surface area (TPSA) is 93.7 Å². The van der Waals surface area contributed by atoms with E-state index in [0.29, 0.717) is 11.5 Å². The van der Waals surface area contributed by atoms with Gasteiger partial charge in [-0.25, -0.2) is 9.59 Å². The normalized spacial score (nSPS) is 11.1. The molecular formula is C18H18N2O5. The van der Waals surface area contributed by atoms with E-state index in [1.807, 2.05) is 23.5 Å². The van der Waals surface area contributed by atoms with Gasteiger partial charge in [-0.2, -0.15) is 0 Å². The molecule has 0 saturated heterocycles. The number of benzene rings is 2. The molecule has 0 radical (unpaired) electrons. The Kier molecular flexibility index (Phi) is 6.11. The number of nitrogens with one attached hydrogen (secondary N) is 2. The highest BCUT2D eigenvalue weighted by Crippen LogP contribution is 2.22. The molecule has 0 spiro atoms. The molecular weight excluding hydrogens is 324 g/mol. The molecule has 2 aromatic carbocycles. The number of urea groups is 1. The fraction of sp³-hybridized carbons (Fsp3) is 0.167. The standard InChI is InChI=1S/C18H18N2O5/c1-12(16(21)20-18(23)19-2)24-17(22)13-7-6-10-15(11-13)25-14-8-4-3-5-9-14/h3-12H,1-2H3,(H2,19,20,21,23)/t12-/m0/s1. The Morgan fingerprint density at radius 3 is 2.32 bits per heavy atom. The number of para-hydroxylation sites is 1. The van der Waals surface area contributed by atoms with Crippen LogP contribution < -0.4 is 15.4 Å². The van der Waals surface area contributed by atoms with Crippen LogP contribution in [0.4, 0.5) is 4.79 Å². The van der Waals surface area contributed by atoms with Crippen LogP contribution in [0.25, 0.3) is 0 Å². The van der Waals surface area contributed by atoms with Crippen LogP contribution in [-0.2, 0) is 9.53 Å². The van der Waals surface area contributed by atoms with E-state index in [2.05, 4.69) is 5.32 Å². The van der Waals surface area contributed by atoms with Crippen LogP contribution in [0.5, 0.6) is 11.5 Å². The quantitative estimate of drug-likeness (QED) is 0.814. The van der Waals surface area contributed by atoms with Crippen LogP contribution in [0.1, 0.15) is 17.3 Å². The fourth-order valence-corrected chi connectivity index (χ4v) is 1.87. The summed E-state index contributed by atoms with van der Waals surface area (Å²) in [5.41, 5.74) is 0.230. The van der Waals surface area contributed by atoms with E-state index >= 15 is 0 Å². The van der Waals surface area contributed by atoms with E-state index < -0.39 is 24.0 Å². The maximum Gasteiger partial charge on any atom is 0.339 e. The number of rotatable bonds is 5. The zero-order chi connectivity index (χ0) is 18.2. The van der Waals surface area contributed by atoms with Gasteiger partial charge in [0, 0.05) is 7.05 Å². The molecule has 0 aliphatic rings. The van der Waals surface area contributed by atoms with Crippen molar-refractivity contribution in [2.45, 2.75) is 13.0 Å². The minimum absolute atomic E-state index is 0.230. The molecule has 0 unspecified atom stereocenters. The van der Waals surface area contributed by atoms with Gasteiger partial charge in [0.05, 0.1) is 5.56 Å². The molecule has 0 fully saturated rings. The van der Waals surface area contributed by atoms with Gasteiger partial charge in [0.25, 0.3) is 5.91 Å². The first-order chi connectivity index (χ1) is 12.0. The average Bonchev–Trinajstić information content (AvgIpc) is 2.62. The van der Waals surface area contributed by atoms with Gasteiger partial charge in [-0.1, -0.05) is 24.3 Å². The van der Waals surface area contributed by atoms with Gasteiger partial charge in [-0.3, -0.25) is 10.1 Å². The van der Waals surface area contributed by atoms with Crippen LogP contribution in [0.15, 0.2) is 54.6 Å². The lowest BCUT2D eigenvalue weighted by Gasteiger charge is -2.13. The van der Waals surface area contributed by atoms with E-state index in [9.17, 15) is 14.4 Å². The Labute approximate surface area is 144 Å². The van der Waals surface area contributed by atoms with Crippen LogP contribution in [0, 0.1) is 0 Å². The Morgan fingerprint density at radius 1 is 0.960 bits per heavy atom. The zero-order valence-electron chi connectivity index (χ0n) is 13.8. The Bertz CT molecular complexity index is 761. The fourth-order valence-electron chi connectivity index (χ4n) is 1.87. The van der Waals surface area contributed by atoms with Crippen molar-refractivity contribution in [3.05, 3.63) is 60.2 Å². The Balaban J connectivity index is 2.01. The third kappa shape index (κ3) is 5.35. The van der Waals surface area contributed by atoms with Crippen LogP contribution >= 0.6 is 0 Å². The van der Waals surface area contributed by atoms with Gasteiger partial charge in [0.1, 0.15) is 11.5 Å². The smallest absolute Gasteiger partial charge is 0.339 e. The van der Waals surface area contributed by atoms with E-state index in [0.717, 1.165) is 0 Å². The molecule has 0 aliphatic heterocycles. The van der Waals surface area contributed by atoms with Crippen molar-refractivity contribution in [3.8, 4) is 11.5 Å². The van der Waals surface area contributed by atoms with Crippen molar-refractivity contribution in [1.82, 2.24) is 10.6 Å². The van der Waals surface area contributed by atoms with Gasteiger partial charge in [0.2, 0.25) is 0 Å². The first kappa shape index (κ1) is 18.0. The summed E-state index contributed by atoms with van der Waals surface area (Å²) in [5.74, 6) is -0.322. The SMILES string of the molecule is CNC(=O)NC(=O)[C@H](C)OC(=O)c1cccc(Oc2ccccc2)c1. The van der Waals surface area contributed by atoms with Crippen molar-refractivity contribution < 1.29 is 23.9 Å². The lowest BCUT2D eigenvalue weighted by atomic mass is 10.2. The lowest BCUT2D eigenvalue weighted by molar-refractivity contribution is -0.127. The summed E-state index contributed by atoms with van der Waals surface area (Å²) in [6.45, 7) is 1.38. The van der Waals surface area contributed by atoms with Crippen LogP contribution in [0.3, 0.4) is 0 Å². The molecule has 130 valence electrons. The van der Waals surface area contributed by atoms with Crippen molar-refractivity contribution in [2.24, 2.45) is 0 Å². The Hall–Kier alpha value is -3.35. The number of carbonyl (C=O) groups excluding carboxylic acids is 3. The molecule has 0 aliphatic carbocycles. The Morgan fingerprint density at radius 2 is 1.64 bits per heavy atom. The second-order valence-corrected chi connectivity index (χ2v) is 5.06. The summed E-state index contributed by atoms with van der Waals surface area (Å²) in [7, 11) is 1.37. The summed E-state index contributed by atoms with van der Waals surface area (Å²) < 4.78 is 10.7. The predicted octanol–water partition coefficient (Wildman–Crippen LogP) is 2.48. The zero-order valence-corrected chi connectivity index (χ0v) is 13.8. The van der Waals surface area contributed by atoms with E-state index in [1.165, 1.54) is 20.0 Å². The number of hydrogen-bond acceptors (Lipinski definition) is 5. The molecule has 3 amide bonds. The monoisotopic (exact) mass is 342 g/mol. The summed E-state index contributed by atoms with van der Waals surface area (Å²) >= 11 is 0. The molecule has 0 aromatic heterocycles. The minimum Gasteiger partial charge on any atom is -0.457 e. The highest BCUT2D eigenvalue weighted by Gasteiger charge is 2.20. The second kappa shape index (κ2) is 8.49. The van der Waals surface area contributed by atoms with Crippen molar-refractivity contribution in [3.63, 3.8) is 0 Å². The summed E-state index contributed by atoms with van der Waals surface area (Å²) in [4.78, 5) is 35.0. The number of imide groups is 1. The van der Waals surface area contributed by atoms with Crippen molar-refractivity contribution in [2.75, 3.05) is 7.05 Å². The van der Waals surface area contributed by atoms with Crippen LogP contribution in [0.2, 0.25) is 0 Å². The minimum atomic E-state index is -1.12. The maximum atomic E-state index is 12.2. The number of esters is 1. The molecule has 7 nitrogen and oxygen atoms in total. The molecule has 0 bridgehead atoms. The highest BCUT2D eigenvalue weighted by molar-refractivity contribution is 5.98. The lowest BCUT2D eigenvalue weighted by Crippen LogP contribution is -2.43. The third-order valence-electron chi connectivity index (χ3n) is 3.17. The largest absolute Gasteiger partial charge is 0.457 e. The van der Waals surface area contributed by atoms with Gasteiger partial charge < -0.3 is 14.8 Å². The molecule has 2 N–H and O–H groups in total. The van der Waals surface area contributed by atoms with Crippen molar-refractivity contribution >= 4 is 17.9 Å². The van der Waals surface area contributed by atoms with Crippen LogP contribution in [-0.4, -0.2) is 31.1 Å². The van der Waals surface area contributed by atoms with Gasteiger partial charge >= 0.3 is 12.0 Å². The van der Waals surface area contributed by atoms with E-state index in [4.69, 9.17) is 9.47 Å². The number of carbonyl (C=O) groups is 3. The molecule has 7 heteroatoms. The molecule has 2 rings (SSSR count). The van der Waals surface area contributed by atoms with Gasteiger partial charge in [-0.15, -0.1) is 0 Å². The molecule has 1 atom stereocenters. The van der Waals surface area contributed by atoms with Gasteiger partial charge in [-0.05, 0) is 37.3 Å². The number of ether oxygens (including phenoxy) is 2. The predicted molar refractivity (Wildman–Crippen MR) is 90.4 cm³/mol. The highest BCUT2D eigenvalue weighted by atomic mass is 16.5.